The third-order valence-corrected chi connectivity index (χ3v) is 4.89. The number of carbonyl (C=O) groups is 3. The van der Waals surface area contributed by atoms with Crippen LogP contribution in [0.5, 0.6) is 0 Å². The Morgan fingerprint density at radius 1 is 1.00 bits per heavy atom. The topological polar surface area (TPSA) is 110 Å². The van der Waals surface area contributed by atoms with Gasteiger partial charge < -0.3 is 10.5 Å². The Balaban J connectivity index is 1.65. The molecule has 0 saturated heterocycles. The number of nitrogens with two attached hydrogens (primary N) is 1. The molecule has 2 N–H and O–H groups in total. The highest BCUT2D eigenvalue weighted by molar-refractivity contribution is 6.30. The van der Waals surface area contributed by atoms with E-state index in [1.165, 1.54) is 30.3 Å². The molecule has 0 fully saturated rings. The first-order valence-corrected chi connectivity index (χ1v) is 8.89. The van der Waals surface area contributed by atoms with Gasteiger partial charge in [-0.1, -0.05) is 24.3 Å². The first-order valence-electron chi connectivity index (χ1n) is 8.89. The van der Waals surface area contributed by atoms with Crippen LogP contribution in [0.3, 0.4) is 0 Å². The van der Waals surface area contributed by atoms with Gasteiger partial charge in [0.15, 0.2) is 11.6 Å². The van der Waals surface area contributed by atoms with E-state index in [1.54, 1.807) is 18.2 Å². The molecule has 146 valence electrons. The average Bonchev–Trinajstić information content (AvgIpc) is 2.76. The summed E-state index contributed by atoms with van der Waals surface area (Å²) in [5.41, 5.74) is 6.59. The number of esters is 1. The second-order valence-corrected chi connectivity index (χ2v) is 6.65. The molecular weight excluding hydrogens is 387 g/mol. The minimum absolute atomic E-state index is 0.0270. The zero-order valence-corrected chi connectivity index (χ0v) is 15.4. The highest BCUT2D eigenvalue weighted by Gasteiger charge is 2.33. The molecule has 3 aromatic rings. The van der Waals surface area contributed by atoms with Gasteiger partial charge in [0, 0.05) is 22.3 Å². The number of benzene rings is 3. The molecule has 0 bridgehead atoms. The fraction of sp³-hybridized carbons (Fsp3) is 0.0435. The van der Waals surface area contributed by atoms with Gasteiger partial charge in [-0.25, -0.2) is 9.18 Å². The van der Waals surface area contributed by atoms with Crippen LogP contribution in [0.2, 0.25) is 0 Å². The smallest absolute Gasteiger partial charge is 0.340 e. The summed E-state index contributed by atoms with van der Waals surface area (Å²) >= 11 is 0. The van der Waals surface area contributed by atoms with E-state index in [9.17, 15) is 18.8 Å². The number of hydrogen-bond donors (Lipinski definition) is 1. The van der Waals surface area contributed by atoms with Gasteiger partial charge in [0.2, 0.25) is 0 Å². The Morgan fingerprint density at radius 2 is 1.70 bits per heavy atom. The number of halogens is 1. The van der Waals surface area contributed by atoms with Crippen LogP contribution in [-0.4, -0.2) is 17.5 Å². The number of nitrogen functional groups attached to an aromatic ring is 1. The molecule has 4 rings (SSSR count). The molecule has 0 aliphatic heterocycles. The van der Waals surface area contributed by atoms with Crippen LogP contribution in [0.15, 0.2) is 54.6 Å². The zero-order valence-electron chi connectivity index (χ0n) is 15.4. The maximum Gasteiger partial charge on any atom is 0.340 e. The van der Waals surface area contributed by atoms with Crippen molar-refractivity contribution < 1.29 is 23.5 Å². The van der Waals surface area contributed by atoms with Crippen LogP contribution in [0, 0.1) is 17.1 Å². The van der Waals surface area contributed by atoms with E-state index in [1.807, 2.05) is 6.07 Å². The number of anilines is 1. The Morgan fingerprint density at radius 3 is 2.40 bits per heavy atom. The fourth-order valence-electron chi connectivity index (χ4n) is 3.37. The normalized spacial score (nSPS) is 12.0. The average molecular weight is 400 g/mol. The van der Waals surface area contributed by atoms with Gasteiger partial charge in [-0.2, -0.15) is 5.26 Å². The van der Waals surface area contributed by atoms with Gasteiger partial charge in [-0.05, 0) is 30.3 Å². The second kappa shape index (κ2) is 7.26. The molecule has 0 atom stereocenters. The van der Waals surface area contributed by atoms with Crippen molar-refractivity contribution in [1.29, 1.82) is 5.26 Å². The SMILES string of the molecule is N#Cc1ccc(F)c(COC(=O)c2ccc3c(c2N)C(=O)c2ccccc2C3=O)c1. The molecule has 30 heavy (non-hydrogen) atoms. The fourth-order valence-corrected chi connectivity index (χ4v) is 3.37. The molecule has 1 aliphatic rings. The molecule has 1 aliphatic carbocycles. The van der Waals surface area contributed by atoms with Crippen molar-refractivity contribution in [2.24, 2.45) is 0 Å². The number of nitriles is 1. The lowest BCUT2D eigenvalue weighted by molar-refractivity contribution is 0.0470. The summed E-state index contributed by atoms with van der Waals surface area (Å²) in [6.45, 7) is -0.424. The van der Waals surface area contributed by atoms with Crippen LogP contribution < -0.4 is 5.73 Å². The molecule has 0 amide bonds. The molecule has 7 heteroatoms. The molecule has 3 aromatic carbocycles. The third-order valence-electron chi connectivity index (χ3n) is 4.89. The van der Waals surface area contributed by atoms with Crippen LogP contribution in [0.25, 0.3) is 0 Å². The number of carbonyl (C=O) groups excluding carboxylic acids is 3. The van der Waals surface area contributed by atoms with Crippen molar-refractivity contribution in [2.45, 2.75) is 6.61 Å². The number of nitrogens with zero attached hydrogens (tertiary/aromatic N) is 1. The maximum atomic E-state index is 13.9. The molecule has 0 aromatic heterocycles. The van der Waals surface area contributed by atoms with Crippen molar-refractivity contribution in [1.82, 2.24) is 0 Å². The lowest BCUT2D eigenvalue weighted by Crippen LogP contribution is -2.24. The van der Waals surface area contributed by atoms with E-state index in [-0.39, 0.29) is 50.4 Å². The molecule has 0 unspecified atom stereocenters. The van der Waals surface area contributed by atoms with E-state index >= 15 is 0 Å². The predicted octanol–water partition coefficient (Wildman–Crippen LogP) is 3.41. The summed E-state index contributed by atoms with van der Waals surface area (Å²) in [6.07, 6.45) is 0. The maximum absolute atomic E-state index is 13.9. The van der Waals surface area contributed by atoms with Crippen LogP contribution in [-0.2, 0) is 11.3 Å². The molecule has 0 heterocycles. The summed E-state index contributed by atoms with van der Waals surface area (Å²) in [6, 6.07) is 14.6. The highest BCUT2D eigenvalue weighted by Crippen LogP contribution is 2.33. The van der Waals surface area contributed by atoms with Gasteiger partial charge in [0.05, 0.1) is 28.4 Å². The minimum Gasteiger partial charge on any atom is -0.457 e. The van der Waals surface area contributed by atoms with Crippen molar-refractivity contribution >= 4 is 23.2 Å². The van der Waals surface area contributed by atoms with E-state index in [2.05, 4.69) is 0 Å². The highest BCUT2D eigenvalue weighted by atomic mass is 19.1. The number of rotatable bonds is 3. The largest absolute Gasteiger partial charge is 0.457 e. The van der Waals surface area contributed by atoms with Crippen LogP contribution in [0.4, 0.5) is 10.1 Å². The quantitative estimate of drug-likeness (QED) is 0.417. The van der Waals surface area contributed by atoms with Crippen molar-refractivity contribution in [3.05, 3.63) is 99.4 Å². The summed E-state index contributed by atoms with van der Waals surface area (Å²) in [5.74, 6) is -2.32. The molecule has 6 nitrogen and oxygen atoms in total. The summed E-state index contributed by atoms with van der Waals surface area (Å²) in [5, 5.41) is 8.92. The number of fused-ring (bicyclic) bond motifs is 2. The Hall–Kier alpha value is -4.31. The Bertz CT molecular complexity index is 1290. The van der Waals surface area contributed by atoms with Gasteiger partial charge in [-0.15, -0.1) is 0 Å². The van der Waals surface area contributed by atoms with Gasteiger partial charge in [0.25, 0.3) is 0 Å². The first-order chi connectivity index (χ1) is 14.4. The summed E-state index contributed by atoms with van der Waals surface area (Å²) in [7, 11) is 0. The monoisotopic (exact) mass is 400 g/mol. The Kier molecular flexibility index (Phi) is 4.60. The number of ether oxygens (including phenoxy) is 1. The minimum atomic E-state index is -0.879. The second-order valence-electron chi connectivity index (χ2n) is 6.65. The van der Waals surface area contributed by atoms with E-state index < -0.39 is 24.2 Å². The Labute approximate surface area is 170 Å². The van der Waals surface area contributed by atoms with Crippen LogP contribution in [0.1, 0.15) is 53.3 Å². The number of hydrogen-bond acceptors (Lipinski definition) is 6. The molecular formula is C23H13FN2O4. The first kappa shape index (κ1) is 19.0. The van der Waals surface area contributed by atoms with Crippen LogP contribution >= 0.6 is 0 Å². The molecule has 0 radical (unpaired) electrons. The summed E-state index contributed by atoms with van der Waals surface area (Å²) in [4.78, 5) is 38.1. The lowest BCUT2D eigenvalue weighted by Gasteiger charge is -2.20. The van der Waals surface area contributed by atoms with Crippen molar-refractivity contribution in [3.8, 4) is 6.07 Å². The zero-order chi connectivity index (χ0) is 21.4. The molecule has 0 spiro atoms. The van der Waals surface area contributed by atoms with E-state index in [0.29, 0.717) is 0 Å². The van der Waals surface area contributed by atoms with Crippen molar-refractivity contribution in [2.75, 3.05) is 5.73 Å². The standard InChI is InChI=1S/C23H13FN2O4/c24-18-8-5-12(10-25)9-13(18)11-30-23(29)17-7-6-16-19(20(17)26)22(28)15-4-2-1-3-14(15)21(16)27/h1-9H,11,26H2. The van der Waals surface area contributed by atoms with Gasteiger partial charge >= 0.3 is 5.97 Å². The summed E-state index contributed by atoms with van der Waals surface area (Å²) < 4.78 is 19.0. The van der Waals surface area contributed by atoms with Gasteiger partial charge in [-0.3, -0.25) is 9.59 Å². The van der Waals surface area contributed by atoms with Crippen molar-refractivity contribution in [3.63, 3.8) is 0 Å². The lowest BCUT2D eigenvalue weighted by atomic mass is 9.82. The number of ketones is 2. The van der Waals surface area contributed by atoms with E-state index in [0.717, 1.165) is 6.07 Å². The van der Waals surface area contributed by atoms with Gasteiger partial charge in [0.1, 0.15) is 12.4 Å². The van der Waals surface area contributed by atoms with E-state index in [4.69, 9.17) is 15.7 Å². The predicted molar refractivity (Wildman–Crippen MR) is 104 cm³/mol. The molecule has 0 saturated carbocycles. The third kappa shape index (κ3) is 3.01.